The molecule has 0 amide bonds. The summed E-state index contributed by atoms with van der Waals surface area (Å²) in [6.07, 6.45) is 7.64. The molecule has 29 heavy (non-hydrogen) atoms. The molecular weight excluding hydrogens is 367 g/mol. The van der Waals surface area contributed by atoms with Gasteiger partial charge in [0.2, 0.25) is 0 Å². The van der Waals surface area contributed by atoms with Crippen molar-refractivity contribution in [2.24, 2.45) is 0 Å². The topological polar surface area (TPSA) is 60.9 Å². The number of nitrogens with zero attached hydrogens (tertiary/aromatic N) is 5. The average molecular weight is 394 g/mol. The lowest BCUT2D eigenvalue weighted by Gasteiger charge is -2.40. The molecule has 3 heterocycles. The molecule has 1 aliphatic rings. The molecule has 152 valence electrons. The summed E-state index contributed by atoms with van der Waals surface area (Å²) in [5.41, 5.74) is 4.14. The molecule has 3 aromatic rings. The van der Waals surface area contributed by atoms with E-state index >= 15 is 0 Å². The van der Waals surface area contributed by atoms with E-state index in [4.69, 9.17) is 0 Å². The van der Waals surface area contributed by atoms with Gasteiger partial charge in [0.1, 0.15) is 11.5 Å². The zero-order chi connectivity index (χ0) is 20.2. The maximum absolute atomic E-state index is 13.3. The van der Waals surface area contributed by atoms with Crippen LogP contribution in [0.15, 0.2) is 42.9 Å². The number of halogens is 1. The fourth-order valence-electron chi connectivity index (χ4n) is 4.12. The van der Waals surface area contributed by atoms with E-state index in [0.29, 0.717) is 6.04 Å². The van der Waals surface area contributed by atoms with Crippen molar-refractivity contribution in [3.05, 3.63) is 59.9 Å². The Morgan fingerprint density at radius 2 is 1.79 bits per heavy atom. The largest absolute Gasteiger partial charge is 0.352 e. The first kappa shape index (κ1) is 19.5. The quantitative estimate of drug-likeness (QED) is 0.685. The third-order valence-corrected chi connectivity index (χ3v) is 5.64. The number of H-pyrrole nitrogens is 1. The Morgan fingerprint density at radius 3 is 2.45 bits per heavy atom. The maximum Gasteiger partial charge on any atom is 0.155 e. The van der Waals surface area contributed by atoms with E-state index in [1.807, 2.05) is 6.20 Å². The number of anilines is 1. The van der Waals surface area contributed by atoms with Crippen molar-refractivity contribution < 1.29 is 4.39 Å². The van der Waals surface area contributed by atoms with E-state index < -0.39 is 0 Å². The lowest BCUT2D eigenvalue weighted by Crippen LogP contribution is -2.48. The average Bonchev–Trinajstić information content (AvgIpc) is 3.18. The Labute approximate surface area is 170 Å². The van der Waals surface area contributed by atoms with Crippen molar-refractivity contribution in [2.75, 3.05) is 31.1 Å². The molecule has 1 N–H and O–H groups in total. The van der Waals surface area contributed by atoms with Crippen LogP contribution in [0.3, 0.4) is 0 Å². The zero-order valence-corrected chi connectivity index (χ0v) is 17.0. The summed E-state index contributed by atoms with van der Waals surface area (Å²) in [4.78, 5) is 14.0. The number of aromatic nitrogens is 4. The Morgan fingerprint density at radius 1 is 1.07 bits per heavy atom. The minimum Gasteiger partial charge on any atom is -0.352 e. The van der Waals surface area contributed by atoms with Gasteiger partial charge in [-0.2, -0.15) is 5.10 Å². The van der Waals surface area contributed by atoms with Crippen LogP contribution in [0.4, 0.5) is 10.2 Å². The lowest BCUT2D eigenvalue weighted by molar-refractivity contribution is 0.175. The first-order valence-corrected chi connectivity index (χ1v) is 10.2. The van der Waals surface area contributed by atoms with E-state index in [2.05, 4.69) is 43.8 Å². The Kier molecular flexibility index (Phi) is 5.85. The van der Waals surface area contributed by atoms with E-state index in [1.54, 1.807) is 24.5 Å². The molecule has 7 heteroatoms. The van der Waals surface area contributed by atoms with Gasteiger partial charge in [-0.05, 0) is 37.6 Å². The van der Waals surface area contributed by atoms with Crippen LogP contribution in [-0.2, 0) is 0 Å². The summed E-state index contributed by atoms with van der Waals surface area (Å²) in [6.45, 7) is 7.99. The second kappa shape index (κ2) is 8.69. The van der Waals surface area contributed by atoms with Crippen LogP contribution >= 0.6 is 0 Å². The summed E-state index contributed by atoms with van der Waals surface area (Å²) in [7, 11) is 0. The number of rotatable bonds is 6. The number of piperazine rings is 1. The molecule has 4 rings (SSSR count). The van der Waals surface area contributed by atoms with E-state index in [0.717, 1.165) is 61.8 Å². The molecule has 1 aliphatic heterocycles. The molecule has 0 aliphatic carbocycles. The van der Waals surface area contributed by atoms with Crippen LogP contribution in [0.25, 0.3) is 11.3 Å². The fourth-order valence-corrected chi connectivity index (χ4v) is 4.12. The summed E-state index contributed by atoms with van der Waals surface area (Å²) in [5.74, 6) is 0.620. The molecule has 0 saturated carbocycles. The SMILES string of the molecule is CCCC(c1cn[nH]c1C)N1CCN(c2nccnc2-c2ccc(F)cc2)CC1. The first-order chi connectivity index (χ1) is 14.2. The standard InChI is InChI=1S/C22H27FN6/c1-3-4-20(19-15-26-27-16(19)2)28-11-13-29(14-12-28)22-21(24-9-10-25-22)17-5-7-18(23)8-6-17/h5-10,15,20H,3-4,11-14H2,1-2H3,(H,26,27). The summed E-state index contributed by atoms with van der Waals surface area (Å²) in [5, 5.41) is 7.31. The van der Waals surface area contributed by atoms with E-state index in [1.165, 1.54) is 17.7 Å². The molecule has 0 radical (unpaired) electrons. The number of hydrogen-bond donors (Lipinski definition) is 1. The number of nitrogens with one attached hydrogen (secondary N) is 1. The van der Waals surface area contributed by atoms with Gasteiger partial charge >= 0.3 is 0 Å². The van der Waals surface area contributed by atoms with Gasteiger partial charge in [-0.15, -0.1) is 0 Å². The molecule has 1 fully saturated rings. The van der Waals surface area contributed by atoms with Crippen LogP contribution in [-0.4, -0.2) is 51.2 Å². The third kappa shape index (κ3) is 4.15. The van der Waals surface area contributed by atoms with Crippen molar-refractivity contribution in [1.82, 2.24) is 25.1 Å². The van der Waals surface area contributed by atoms with Crippen molar-refractivity contribution in [1.29, 1.82) is 0 Å². The predicted octanol–water partition coefficient (Wildman–Crippen LogP) is 3.98. The van der Waals surface area contributed by atoms with Crippen LogP contribution in [0.5, 0.6) is 0 Å². The Bertz CT molecular complexity index is 930. The van der Waals surface area contributed by atoms with Crippen LogP contribution in [0.2, 0.25) is 0 Å². The number of hydrogen-bond acceptors (Lipinski definition) is 5. The van der Waals surface area contributed by atoms with E-state index in [9.17, 15) is 4.39 Å². The monoisotopic (exact) mass is 394 g/mol. The molecule has 6 nitrogen and oxygen atoms in total. The Hall–Kier alpha value is -2.80. The first-order valence-electron chi connectivity index (χ1n) is 10.2. The normalized spacial score (nSPS) is 16.2. The second-order valence-electron chi connectivity index (χ2n) is 7.51. The highest BCUT2D eigenvalue weighted by molar-refractivity contribution is 5.72. The van der Waals surface area contributed by atoms with Crippen LogP contribution in [0.1, 0.15) is 37.1 Å². The van der Waals surface area contributed by atoms with Crippen molar-refractivity contribution in [3.63, 3.8) is 0 Å². The fraction of sp³-hybridized carbons (Fsp3) is 0.409. The van der Waals surface area contributed by atoms with Gasteiger partial charge in [0.25, 0.3) is 0 Å². The zero-order valence-electron chi connectivity index (χ0n) is 17.0. The maximum atomic E-state index is 13.3. The van der Waals surface area contributed by atoms with Crippen LogP contribution < -0.4 is 4.90 Å². The van der Waals surface area contributed by atoms with Crippen molar-refractivity contribution in [3.8, 4) is 11.3 Å². The molecule has 1 atom stereocenters. The highest BCUT2D eigenvalue weighted by Crippen LogP contribution is 2.31. The van der Waals surface area contributed by atoms with Gasteiger partial charge in [-0.25, -0.2) is 9.37 Å². The highest BCUT2D eigenvalue weighted by Gasteiger charge is 2.28. The third-order valence-electron chi connectivity index (χ3n) is 5.64. The minimum atomic E-state index is -0.246. The summed E-state index contributed by atoms with van der Waals surface area (Å²) >= 11 is 0. The number of benzene rings is 1. The van der Waals surface area contributed by atoms with E-state index in [-0.39, 0.29) is 5.82 Å². The summed E-state index contributed by atoms with van der Waals surface area (Å²) in [6, 6.07) is 6.85. The van der Waals surface area contributed by atoms with Crippen molar-refractivity contribution in [2.45, 2.75) is 32.7 Å². The Balaban J connectivity index is 1.51. The summed E-state index contributed by atoms with van der Waals surface area (Å²) < 4.78 is 13.3. The second-order valence-corrected chi connectivity index (χ2v) is 7.51. The lowest BCUT2D eigenvalue weighted by atomic mass is 10.0. The number of aryl methyl sites for hydroxylation is 1. The number of aromatic amines is 1. The molecule has 0 spiro atoms. The molecule has 0 bridgehead atoms. The molecule has 1 saturated heterocycles. The van der Waals surface area contributed by atoms with Crippen molar-refractivity contribution >= 4 is 5.82 Å². The van der Waals surface area contributed by atoms with Gasteiger partial charge < -0.3 is 4.90 Å². The molecular formula is C22H27FN6. The van der Waals surface area contributed by atoms with Gasteiger partial charge in [0.05, 0.1) is 6.20 Å². The van der Waals surface area contributed by atoms with Crippen LogP contribution in [0, 0.1) is 12.7 Å². The molecule has 1 aromatic carbocycles. The molecule has 2 aromatic heterocycles. The predicted molar refractivity (Wildman–Crippen MR) is 112 cm³/mol. The van der Waals surface area contributed by atoms with Gasteiger partial charge in [-0.1, -0.05) is 13.3 Å². The highest BCUT2D eigenvalue weighted by atomic mass is 19.1. The van der Waals surface area contributed by atoms with Gasteiger partial charge in [0, 0.05) is 61.4 Å². The van der Waals surface area contributed by atoms with Gasteiger partial charge in [-0.3, -0.25) is 15.0 Å². The smallest absolute Gasteiger partial charge is 0.155 e. The molecule has 1 unspecified atom stereocenters. The van der Waals surface area contributed by atoms with Gasteiger partial charge in [0.15, 0.2) is 5.82 Å². The minimum absolute atomic E-state index is 0.246.